The zero-order chi connectivity index (χ0) is 6.69. The van der Waals surface area contributed by atoms with Gasteiger partial charge < -0.3 is 0 Å². The molecule has 1 aliphatic rings. The van der Waals surface area contributed by atoms with Crippen LogP contribution in [-0.2, 0) is 0 Å². The van der Waals surface area contributed by atoms with Crippen molar-refractivity contribution in [2.75, 3.05) is 6.61 Å². The van der Waals surface area contributed by atoms with Gasteiger partial charge in [0, 0.05) is 0 Å². The molecular formula is C6H8OSe2. The summed E-state index contributed by atoms with van der Waals surface area (Å²) in [6.07, 6.45) is 4.18. The van der Waals surface area contributed by atoms with Crippen LogP contribution in [0.25, 0.3) is 0 Å². The van der Waals surface area contributed by atoms with Crippen LogP contribution in [0.3, 0.4) is 0 Å². The molecule has 0 aromatic rings. The van der Waals surface area contributed by atoms with Crippen molar-refractivity contribution in [3.05, 3.63) is 21.1 Å². The third-order valence-corrected chi connectivity index (χ3v) is 9.07. The van der Waals surface area contributed by atoms with Crippen molar-refractivity contribution in [3.63, 3.8) is 0 Å². The molecule has 0 saturated carbocycles. The van der Waals surface area contributed by atoms with Crippen LogP contribution < -0.4 is 0 Å². The van der Waals surface area contributed by atoms with Crippen molar-refractivity contribution in [1.82, 2.24) is 0 Å². The average Bonchev–Trinajstić information content (AvgIpc) is 1.90. The van der Waals surface area contributed by atoms with Gasteiger partial charge in [0.2, 0.25) is 0 Å². The Bertz CT molecular complexity index is 160. The number of rotatable bonds is 1. The van der Waals surface area contributed by atoms with Gasteiger partial charge in [-0.2, -0.15) is 0 Å². The summed E-state index contributed by atoms with van der Waals surface area (Å²) in [4.78, 5) is 0. The molecule has 0 atom stereocenters. The van der Waals surface area contributed by atoms with E-state index in [4.69, 9.17) is 5.11 Å². The molecule has 0 saturated heterocycles. The van der Waals surface area contributed by atoms with Crippen molar-refractivity contribution in [2.24, 2.45) is 0 Å². The predicted molar refractivity (Wildman–Crippen MR) is 40.4 cm³/mol. The number of aliphatic hydroxyl groups excluding tert-OH is 1. The number of aliphatic hydroxyl groups is 1. The number of allylic oxidation sites excluding steroid dienone is 3. The standard InChI is InChI=1S/C6H8OSe2/c1-5-2-3-6(4-7)9-8-5/h2-3,7H,4H2,1H3. The van der Waals surface area contributed by atoms with E-state index in [1.165, 1.54) is 8.94 Å². The summed E-state index contributed by atoms with van der Waals surface area (Å²) < 4.78 is 2.74. The van der Waals surface area contributed by atoms with Gasteiger partial charge in [0.25, 0.3) is 0 Å². The minimum absolute atomic E-state index is 0.269. The SMILES string of the molecule is CC1=CC=C(CO)[Se][Se]1. The van der Waals surface area contributed by atoms with E-state index in [0.29, 0.717) is 26.3 Å². The molecule has 0 bridgehead atoms. The first-order valence-corrected chi connectivity index (χ1v) is 8.70. The molecule has 0 radical (unpaired) electrons. The Morgan fingerprint density at radius 2 is 2.22 bits per heavy atom. The zero-order valence-corrected chi connectivity index (χ0v) is 8.55. The molecule has 1 N–H and O–H groups in total. The molecule has 1 heterocycles. The summed E-state index contributed by atoms with van der Waals surface area (Å²) in [5.41, 5.74) is 0. The maximum absolute atomic E-state index is 8.71. The second-order valence-corrected chi connectivity index (χ2v) is 8.52. The molecule has 3 heteroatoms. The van der Waals surface area contributed by atoms with Crippen molar-refractivity contribution in [1.29, 1.82) is 0 Å². The van der Waals surface area contributed by atoms with Gasteiger partial charge in [-0.15, -0.1) is 0 Å². The van der Waals surface area contributed by atoms with Crippen LogP contribution in [0, 0.1) is 0 Å². The maximum atomic E-state index is 8.71. The quantitative estimate of drug-likeness (QED) is 0.658. The van der Waals surface area contributed by atoms with Gasteiger partial charge in [-0.05, 0) is 0 Å². The Morgan fingerprint density at radius 3 is 2.67 bits per heavy atom. The molecule has 0 aromatic carbocycles. The Labute approximate surface area is 66.1 Å². The molecular weight excluding hydrogens is 246 g/mol. The van der Waals surface area contributed by atoms with E-state index in [1.54, 1.807) is 0 Å². The van der Waals surface area contributed by atoms with Gasteiger partial charge in [0.15, 0.2) is 0 Å². The second kappa shape index (κ2) is 3.60. The molecule has 0 aliphatic carbocycles. The molecule has 0 spiro atoms. The van der Waals surface area contributed by atoms with Gasteiger partial charge >= 0.3 is 66.0 Å². The third-order valence-electron chi connectivity index (χ3n) is 0.940. The molecule has 1 rings (SSSR count). The van der Waals surface area contributed by atoms with Gasteiger partial charge in [0.1, 0.15) is 0 Å². The average molecular weight is 254 g/mol. The summed E-state index contributed by atoms with van der Waals surface area (Å²) in [6, 6.07) is 0. The molecule has 0 fully saturated rings. The monoisotopic (exact) mass is 256 g/mol. The molecule has 1 nitrogen and oxygen atoms in total. The Morgan fingerprint density at radius 1 is 1.44 bits per heavy atom. The fraction of sp³-hybridized carbons (Fsp3) is 0.333. The van der Waals surface area contributed by atoms with E-state index in [1.807, 2.05) is 0 Å². The predicted octanol–water partition coefficient (Wildman–Crippen LogP) is 0.103. The Balaban J connectivity index is 2.59. The second-order valence-electron chi connectivity index (χ2n) is 1.74. The fourth-order valence-electron chi connectivity index (χ4n) is 0.464. The molecule has 1 aliphatic heterocycles. The van der Waals surface area contributed by atoms with E-state index in [-0.39, 0.29) is 6.61 Å². The van der Waals surface area contributed by atoms with Gasteiger partial charge in [-0.3, -0.25) is 0 Å². The topological polar surface area (TPSA) is 20.2 Å². The van der Waals surface area contributed by atoms with E-state index in [2.05, 4.69) is 19.1 Å². The van der Waals surface area contributed by atoms with Crippen molar-refractivity contribution >= 4 is 26.3 Å². The summed E-state index contributed by atoms with van der Waals surface area (Å²) in [5.74, 6) is 0. The molecule has 0 aromatic heterocycles. The Hall–Kier alpha value is 0.479. The van der Waals surface area contributed by atoms with Crippen LogP contribution in [-0.4, -0.2) is 38.0 Å². The Kier molecular flexibility index (Phi) is 3.03. The van der Waals surface area contributed by atoms with Crippen LogP contribution in [0.2, 0.25) is 0 Å². The van der Waals surface area contributed by atoms with E-state index < -0.39 is 0 Å². The van der Waals surface area contributed by atoms with Gasteiger partial charge in [-0.25, -0.2) is 0 Å². The van der Waals surface area contributed by atoms with Crippen LogP contribution >= 0.6 is 0 Å². The zero-order valence-electron chi connectivity index (χ0n) is 5.13. The van der Waals surface area contributed by atoms with E-state index in [9.17, 15) is 0 Å². The third kappa shape index (κ3) is 2.29. The summed E-state index contributed by atoms with van der Waals surface area (Å²) >= 11 is 1.28. The first-order valence-electron chi connectivity index (χ1n) is 2.66. The van der Waals surface area contributed by atoms with Crippen LogP contribution in [0.4, 0.5) is 0 Å². The van der Waals surface area contributed by atoms with Crippen LogP contribution in [0.15, 0.2) is 21.1 Å². The molecule has 50 valence electrons. The van der Waals surface area contributed by atoms with Gasteiger partial charge in [-0.1, -0.05) is 0 Å². The summed E-state index contributed by atoms with van der Waals surface area (Å²) in [5, 5.41) is 8.71. The summed E-state index contributed by atoms with van der Waals surface area (Å²) in [7, 11) is 0. The minimum atomic E-state index is 0.269. The van der Waals surface area contributed by atoms with Crippen molar-refractivity contribution in [3.8, 4) is 0 Å². The normalized spacial score (nSPS) is 18.9. The molecule has 9 heavy (non-hydrogen) atoms. The van der Waals surface area contributed by atoms with Crippen LogP contribution in [0.1, 0.15) is 6.92 Å². The first-order chi connectivity index (χ1) is 4.33. The summed E-state index contributed by atoms with van der Waals surface area (Å²) in [6.45, 7) is 2.43. The number of hydrogen-bond acceptors (Lipinski definition) is 1. The first kappa shape index (κ1) is 7.58. The molecule has 0 amide bonds. The van der Waals surface area contributed by atoms with Gasteiger partial charge in [0.05, 0.1) is 0 Å². The van der Waals surface area contributed by atoms with Crippen molar-refractivity contribution in [2.45, 2.75) is 6.92 Å². The van der Waals surface area contributed by atoms with Crippen molar-refractivity contribution < 1.29 is 5.11 Å². The fourth-order valence-corrected chi connectivity index (χ4v) is 5.98. The van der Waals surface area contributed by atoms with E-state index in [0.717, 1.165) is 0 Å². The van der Waals surface area contributed by atoms with E-state index >= 15 is 0 Å². The van der Waals surface area contributed by atoms with Crippen LogP contribution in [0.5, 0.6) is 0 Å². The number of hydrogen-bond donors (Lipinski definition) is 1. The molecule has 0 unspecified atom stereocenters.